The number of rotatable bonds is 3. The molecule has 2 aromatic heterocycles. The summed E-state index contributed by atoms with van der Waals surface area (Å²) in [5.41, 5.74) is 0.894. The topological polar surface area (TPSA) is 79.0 Å². The molecule has 3 rings (SSSR count). The van der Waals surface area contributed by atoms with Crippen LogP contribution in [-0.2, 0) is 0 Å². The quantitative estimate of drug-likeness (QED) is 0.687. The van der Waals surface area contributed by atoms with Crippen molar-refractivity contribution in [2.75, 3.05) is 5.32 Å². The van der Waals surface area contributed by atoms with Gasteiger partial charge in [0.1, 0.15) is 0 Å². The highest BCUT2D eigenvalue weighted by Gasteiger charge is 2.16. The second-order valence-electron chi connectivity index (χ2n) is 4.52. The number of anilines is 1. The lowest BCUT2D eigenvalue weighted by Crippen LogP contribution is -2.17. The summed E-state index contributed by atoms with van der Waals surface area (Å²) in [6.45, 7) is 0. The summed E-state index contributed by atoms with van der Waals surface area (Å²) in [4.78, 5) is 37.8. The molecule has 0 radical (unpaired) electrons. The van der Waals surface area contributed by atoms with E-state index in [2.05, 4.69) is 26.2 Å². The molecule has 0 bridgehead atoms. The van der Waals surface area contributed by atoms with Crippen LogP contribution in [0.2, 0.25) is 0 Å². The number of nitrogens with one attached hydrogen (secondary N) is 2. The second kappa shape index (κ2) is 5.86. The molecule has 0 aliphatic heterocycles. The Morgan fingerprint density at radius 1 is 1.32 bits per heavy atom. The third-order valence-electron chi connectivity index (χ3n) is 3.13. The van der Waals surface area contributed by atoms with Crippen LogP contribution in [0, 0.1) is 0 Å². The molecule has 0 saturated heterocycles. The Morgan fingerprint density at radius 3 is 2.82 bits per heavy atom. The van der Waals surface area contributed by atoms with Crippen LogP contribution in [0.15, 0.2) is 44.3 Å². The Labute approximate surface area is 137 Å². The monoisotopic (exact) mass is 376 g/mol. The van der Waals surface area contributed by atoms with Gasteiger partial charge in [0, 0.05) is 9.85 Å². The van der Waals surface area contributed by atoms with E-state index in [1.807, 2.05) is 10.8 Å². The molecule has 0 unspecified atom stereocenters. The van der Waals surface area contributed by atoms with Crippen molar-refractivity contribution >= 4 is 56.1 Å². The maximum Gasteiger partial charge on any atom is 0.259 e. The maximum absolute atomic E-state index is 12.5. The van der Waals surface area contributed by atoms with E-state index < -0.39 is 5.56 Å². The molecule has 0 fully saturated rings. The Bertz CT molecular complexity index is 932. The lowest BCUT2D eigenvalue weighted by molar-refractivity contribution is 0.102. The average molecular weight is 377 g/mol. The summed E-state index contributed by atoms with van der Waals surface area (Å²) in [5, 5.41) is 7.04. The minimum absolute atomic E-state index is 0.0269. The van der Waals surface area contributed by atoms with Crippen molar-refractivity contribution in [3.63, 3.8) is 0 Å². The van der Waals surface area contributed by atoms with Crippen molar-refractivity contribution in [2.24, 2.45) is 0 Å². The number of fused-ring (bicyclic) bond motifs is 1. The molecule has 2 heterocycles. The number of aromatic amines is 1. The SMILES string of the molecule is O=Cc1cc2ccc(Br)c(C(=O)Nc3ccsc3)c2[nH]c1=O. The molecule has 0 aliphatic rings. The molecule has 1 aromatic carbocycles. The molecule has 7 heteroatoms. The number of benzene rings is 1. The smallest absolute Gasteiger partial charge is 0.259 e. The lowest BCUT2D eigenvalue weighted by atomic mass is 10.1. The number of pyridine rings is 1. The van der Waals surface area contributed by atoms with E-state index in [0.717, 1.165) is 0 Å². The van der Waals surface area contributed by atoms with Crippen LogP contribution in [0.1, 0.15) is 20.7 Å². The van der Waals surface area contributed by atoms with Crippen LogP contribution < -0.4 is 10.9 Å². The molecule has 2 N–H and O–H groups in total. The highest BCUT2D eigenvalue weighted by atomic mass is 79.9. The van der Waals surface area contributed by atoms with Gasteiger partial charge in [-0.1, -0.05) is 6.07 Å². The molecule has 0 aliphatic carbocycles. The summed E-state index contributed by atoms with van der Waals surface area (Å²) < 4.78 is 0.558. The van der Waals surface area contributed by atoms with Crippen molar-refractivity contribution in [3.8, 4) is 0 Å². The van der Waals surface area contributed by atoms with Gasteiger partial charge < -0.3 is 10.3 Å². The highest BCUT2D eigenvalue weighted by molar-refractivity contribution is 9.10. The van der Waals surface area contributed by atoms with E-state index in [1.165, 1.54) is 17.4 Å². The fourth-order valence-corrected chi connectivity index (χ4v) is 3.20. The Hall–Kier alpha value is -2.25. The van der Waals surface area contributed by atoms with Gasteiger partial charge in [-0.25, -0.2) is 0 Å². The van der Waals surface area contributed by atoms with E-state index in [0.29, 0.717) is 32.9 Å². The molecule has 0 saturated carbocycles. The molecule has 22 heavy (non-hydrogen) atoms. The Balaban J connectivity index is 2.17. The third kappa shape index (κ3) is 2.60. The van der Waals surface area contributed by atoms with Crippen LogP contribution in [-0.4, -0.2) is 17.2 Å². The largest absolute Gasteiger partial charge is 0.321 e. The van der Waals surface area contributed by atoms with Crippen LogP contribution in [0.3, 0.4) is 0 Å². The van der Waals surface area contributed by atoms with Gasteiger partial charge in [-0.2, -0.15) is 11.3 Å². The standard InChI is InChI=1S/C15H9BrN2O3S/c16-11-2-1-8-5-9(6-19)14(20)18-13(8)12(11)15(21)17-10-3-4-22-7-10/h1-7H,(H,17,21)(H,18,20). The van der Waals surface area contributed by atoms with Gasteiger partial charge in [-0.15, -0.1) is 0 Å². The summed E-state index contributed by atoms with van der Waals surface area (Å²) in [7, 11) is 0. The molecule has 5 nitrogen and oxygen atoms in total. The molecular weight excluding hydrogens is 368 g/mol. The molecule has 3 aromatic rings. The van der Waals surface area contributed by atoms with E-state index in [9.17, 15) is 14.4 Å². The van der Waals surface area contributed by atoms with Crippen LogP contribution >= 0.6 is 27.3 Å². The first-order valence-corrected chi connectivity index (χ1v) is 7.98. The fourth-order valence-electron chi connectivity index (χ4n) is 2.11. The van der Waals surface area contributed by atoms with Crippen molar-refractivity contribution in [1.29, 1.82) is 0 Å². The fraction of sp³-hybridized carbons (Fsp3) is 0. The first-order chi connectivity index (χ1) is 10.6. The highest BCUT2D eigenvalue weighted by Crippen LogP contribution is 2.26. The van der Waals surface area contributed by atoms with Crippen molar-refractivity contribution in [1.82, 2.24) is 4.98 Å². The first kappa shape index (κ1) is 14.7. The van der Waals surface area contributed by atoms with E-state index in [1.54, 1.807) is 18.2 Å². The number of amides is 1. The third-order valence-corrected chi connectivity index (χ3v) is 4.48. The van der Waals surface area contributed by atoms with E-state index >= 15 is 0 Å². The molecule has 110 valence electrons. The molecule has 1 amide bonds. The van der Waals surface area contributed by atoms with Crippen molar-refractivity contribution in [2.45, 2.75) is 0 Å². The van der Waals surface area contributed by atoms with Gasteiger partial charge in [0.25, 0.3) is 11.5 Å². The second-order valence-corrected chi connectivity index (χ2v) is 6.16. The first-order valence-electron chi connectivity index (χ1n) is 6.24. The predicted octanol–water partition coefficient (Wildman–Crippen LogP) is 3.42. The zero-order chi connectivity index (χ0) is 15.7. The molecule has 0 atom stereocenters. The predicted molar refractivity (Wildman–Crippen MR) is 89.9 cm³/mol. The number of thiophene rings is 1. The minimum Gasteiger partial charge on any atom is -0.321 e. The number of H-pyrrole nitrogens is 1. The van der Waals surface area contributed by atoms with E-state index in [4.69, 9.17) is 0 Å². The number of carbonyl (C=O) groups is 2. The number of carbonyl (C=O) groups excluding carboxylic acids is 2. The Kier molecular flexibility index (Phi) is 3.91. The number of halogens is 1. The average Bonchev–Trinajstić information content (AvgIpc) is 2.99. The number of aromatic nitrogens is 1. The summed E-state index contributed by atoms with van der Waals surface area (Å²) in [6, 6.07) is 6.69. The normalized spacial score (nSPS) is 10.6. The molecule has 0 spiro atoms. The maximum atomic E-state index is 12.5. The zero-order valence-electron chi connectivity index (χ0n) is 11.1. The Morgan fingerprint density at radius 2 is 2.14 bits per heavy atom. The van der Waals surface area contributed by atoms with Gasteiger partial charge in [-0.05, 0) is 44.9 Å². The van der Waals surface area contributed by atoms with Crippen LogP contribution in [0.4, 0.5) is 5.69 Å². The van der Waals surface area contributed by atoms with E-state index in [-0.39, 0.29) is 11.5 Å². The summed E-state index contributed by atoms with van der Waals surface area (Å²) in [6.07, 6.45) is 0.491. The van der Waals surface area contributed by atoms with Gasteiger partial charge in [0.05, 0.1) is 22.3 Å². The van der Waals surface area contributed by atoms with Crippen LogP contribution in [0.25, 0.3) is 10.9 Å². The summed E-state index contributed by atoms with van der Waals surface area (Å²) in [5.74, 6) is -0.342. The van der Waals surface area contributed by atoms with Gasteiger partial charge in [0.2, 0.25) is 0 Å². The number of hydrogen-bond donors (Lipinski definition) is 2. The zero-order valence-corrected chi connectivity index (χ0v) is 13.5. The van der Waals surface area contributed by atoms with Crippen molar-refractivity contribution < 1.29 is 9.59 Å². The van der Waals surface area contributed by atoms with Crippen molar-refractivity contribution in [3.05, 3.63) is 61.0 Å². The van der Waals surface area contributed by atoms with Gasteiger partial charge in [-0.3, -0.25) is 14.4 Å². The number of aldehydes is 1. The van der Waals surface area contributed by atoms with Crippen LogP contribution in [0.5, 0.6) is 0 Å². The molecular formula is C15H9BrN2O3S. The lowest BCUT2D eigenvalue weighted by Gasteiger charge is -2.09. The minimum atomic E-state index is -0.523. The van der Waals surface area contributed by atoms with Gasteiger partial charge >= 0.3 is 0 Å². The summed E-state index contributed by atoms with van der Waals surface area (Å²) >= 11 is 4.80. The number of hydrogen-bond acceptors (Lipinski definition) is 4. The van der Waals surface area contributed by atoms with Gasteiger partial charge in [0.15, 0.2) is 6.29 Å².